The Kier molecular flexibility index (Phi) is 4.04. The van der Waals surface area contributed by atoms with Gasteiger partial charge in [0.1, 0.15) is 0 Å². The second-order valence-electron chi connectivity index (χ2n) is 8.45. The zero-order chi connectivity index (χ0) is 17.8. The fraction of sp³-hybridized carbons (Fsp3) is 0.650. The Bertz CT molecular complexity index is 657. The van der Waals surface area contributed by atoms with E-state index in [0.717, 1.165) is 11.1 Å². The molecule has 4 atom stereocenters. The summed E-state index contributed by atoms with van der Waals surface area (Å²) in [5.41, 5.74) is -0.397. The predicted molar refractivity (Wildman–Crippen MR) is 91.4 cm³/mol. The van der Waals surface area contributed by atoms with Crippen molar-refractivity contribution in [2.45, 2.75) is 65.1 Å². The predicted octanol–water partition coefficient (Wildman–Crippen LogP) is 3.28. The Balaban J connectivity index is 2.01. The van der Waals surface area contributed by atoms with E-state index in [1.807, 2.05) is 33.8 Å². The van der Waals surface area contributed by atoms with Crippen LogP contribution in [0, 0.1) is 16.7 Å². The average molecular weight is 332 g/mol. The standard InChI is InChI=1S/C20H28O4/c1-13-11-15(21)17-18(2,3)16(22)6-8-19(17,4)20(13,23)9-5-14-7-10-24-12-14/h7,10-12,16-17,22-23H,5-6,8-9H2,1-4H3/t16-,17+,19+,20-/m1/s1. The molecule has 0 unspecified atom stereocenters. The van der Waals surface area contributed by atoms with Crippen LogP contribution in [0.1, 0.15) is 52.5 Å². The first-order valence-electron chi connectivity index (χ1n) is 8.77. The summed E-state index contributed by atoms with van der Waals surface area (Å²) in [7, 11) is 0. The molecule has 4 heteroatoms. The summed E-state index contributed by atoms with van der Waals surface area (Å²) >= 11 is 0. The van der Waals surface area contributed by atoms with Gasteiger partial charge in [0, 0.05) is 16.7 Å². The van der Waals surface area contributed by atoms with Gasteiger partial charge in [-0.3, -0.25) is 4.79 Å². The van der Waals surface area contributed by atoms with Gasteiger partial charge in [0.25, 0.3) is 0 Å². The van der Waals surface area contributed by atoms with Crippen LogP contribution in [0.3, 0.4) is 0 Å². The van der Waals surface area contributed by atoms with Crippen molar-refractivity contribution >= 4 is 5.78 Å². The summed E-state index contributed by atoms with van der Waals surface area (Å²) in [5.74, 6) is -0.349. The molecule has 1 fully saturated rings. The Morgan fingerprint density at radius 1 is 1.33 bits per heavy atom. The molecule has 3 rings (SSSR count). The molecule has 2 N–H and O–H groups in total. The number of aliphatic hydroxyl groups excluding tert-OH is 1. The maximum absolute atomic E-state index is 12.8. The van der Waals surface area contributed by atoms with Gasteiger partial charge in [0.05, 0.1) is 24.2 Å². The second-order valence-corrected chi connectivity index (χ2v) is 8.45. The van der Waals surface area contributed by atoms with Crippen LogP contribution in [0.15, 0.2) is 34.7 Å². The fourth-order valence-corrected chi connectivity index (χ4v) is 5.20. The molecule has 0 spiro atoms. The van der Waals surface area contributed by atoms with Crippen molar-refractivity contribution in [2.75, 3.05) is 0 Å². The number of fused-ring (bicyclic) bond motifs is 1. The van der Waals surface area contributed by atoms with Crippen molar-refractivity contribution in [3.05, 3.63) is 35.8 Å². The Hall–Kier alpha value is -1.39. The summed E-state index contributed by atoms with van der Waals surface area (Å²) < 4.78 is 5.13. The molecule has 0 bridgehead atoms. The summed E-state index contributed by atoms with van der Waals surface area (Å²) in [6.07, 6.45) is 6.89. The van der Waals surface area contributed by atoms with Gasteiger partial charge in [-0.05, 0) is 55.9 Å². The van der Waals surface area contributed by atoms with Crippen LogP contribution in [0.25, 0.3) is 0 Å². The minimum atomic E-state index is -1.06. The van der Waals surface area contributed by atoms with E-state index in [-0.39, 0.29) is 11.7 Å². The quantitative estimate of drug-likeness (QED) is 0.891. The van der Waals surface area contributed by atoms with E-state index in [2.05, 4.69) is 0 Å². The number of rotatable bonds is 3. The molecular formula is C20H28O4. The molecule has 1 saturated carbocycles. The van der Waals surface area contributed by atoms with Crippen LogP contribution in [0.4, 0.5) is 0 Å². The van der Waals surface area contributed by atoms with Crippen molar-refractivity contribution in [1.82, 2.24) is 0 Å². The molecule has 0 aromatic carbocycles. The van der Waals surface area contributed by atoms with Gasteiger partial charge in [-0.2, -0.15) is 0 Å². The molecule has 24 heavy (non-hydrogen) atoms. The zero-order valence-electron chi connectivity index (χ0n) is 15.0. The van der Waals surface area contributed by atoms with Crippen molar-refractivity contribution < 1.29 is 19.4 Å². The molecule has 1 aromatic heterocycles. The average Bonchev–Trinajstić information content (AvgIpc) is 3.00. The smallest absolute Gasteiger partial charge is 0.160 e. The summed E-state index contributed by atoms with van der Waals surface area (Å²) in [6.45, 7) is 7.77. The molecule has 0 radical (unpaired) electrons. The van der Waals surface area contributed by atoms with Gasteiger partial charge in [-0.25, -0.2) is 0 Å². The highest BCUT2D eigenvalue weighted by atomic mass is 16.3. The number of carbonyl (C=O) groups is 1. The third-order valence-electron chi connectivity index (χ3n) is 6.77. The molecular weight excluding hydrogens is 304 g/mol. The lowest BCUT2D eigenvalue weighted by atomic mass is 9.45. The molecule has 0 aliphatic heterocycles. The number of aliphatic hydroxyl groups is 2. The van der Waals surface area contributed by atoms with Crippen LogP contribution in [0.5, 0.6) is 0 Å². The van der Waals surface area contributed by atoms with E-state index in [1.165, 1.54) is 0 Å². The molecule has 132 valence electrons. The molecule has 4 nitrogen and oxygen atoms in total. The third kappa shape index (κ3) is 2.31. The second kappa shape index (κ2) is 5.57. The van der Waals surface area contributed by atoms with Gasteiger partial charge >= 0.3 is 0 Å². The third-order valence-corrected chi connectivity index (χ3v) is 6.77. The van der Waals surface area contributed by atoms with E-state index >= 15 is 0 Å². The van der Waals surface area contributed by atoms with Crippen molar-refractivity contribution in [3.63, 3.8) is 0 Å². The van der Waals surface area contributed by atoms with Crippen molar-refractivity contribution in [1.29, 1.82) is 0 Å². The first-order valence-corrected chi connectivity index (χ1v) is 8.77. The van der Waals surface area contributed by atoms with Crippen LogP contribution in [-0.4, -0.2) is 27.7 Å². The van der Waals surface area contributed by atoms with E-state index < -0.39 is 22.5 Å². The van der Waals surface area contributed by atoms with Crippen LogP contribution >= 0.6 is 0 Å². The number of allylic oxidation sites excluding steroid dienone is 1. The van der Waals surface area contributed by atoms with E-state index in [9.17, 15) is 15.0 Å². The Morgan fingerprint density at radius 2 is 2.04 bits per heavy atom. The fourth-order valence-electron chi connectivity index (χ4n) is 5.20. The Labute approximate surface area is 143 Å². The van der Waals surface area contributed by atoms with Crippen molar-refractivity contribution in [3.8, 4) is 0 Å². The molecule has 2 aliphatic carbocycles. The summed E-state index contributed by atoms with van der Waals surface area (Å²) in [4.78, 5) is 12.8. The van der Waals surface area contributed by atoms with Gasteiger partial charge in [0.15, 0.2) is 5.78 Å². The van der Waals surface area contributed by atoms with Crippen LogP contribution in [-0.2, 0) is 11.2 Å². The number of furan rings is 1. The maximum Gasteiger partial charge on any atom is 0.160 e. The first kappa shape index (κ1) is 17.4. The van der Waals surface area contributed by atoms with E-state index in [4.69, 9.17) is 4.42 Å². The number of ketones is 1. The van der Waals surface area contributed by atoms with Gasteiger partial charge in [-0.1, -0.05) is 20.8 Å². The SMILES string of the molecule is CC1=CC(=O)[C@H]2C(C)(C)[C@H](O)CC[C@]2(C)[C@@]1(O)CCc1ccoc1. The van der Waals surface area contributed by atoms with Crippen LogP contribution < -0.4 is 0 Å². The van der Waals surface area contributed by atoms with Gasteiger partial charge in [-0.15, -0.1) is 0 Å². The normalized spacial score (nSPS) is 38.6. The highest BCUT2D eigenvalue weighted by Gasteiger charge is 2.63. The molecule has 2 aliphatic rings. The molecule has 1 heterocycles. The Morgan fingerprint density at radius 3 is 2.67 bits per heavy atom. The van der Waals surface area contributed by atoms with E-state index in [1.54, 1.807) is 18.6 Å². The minimum absolute atomic E-state index is 0.0340. The zero-order valence-corrected chi connectivity index (χ0v) is 15.0. The van der Waals surface area contributed by atoms with Crippen molar-refractivity contribution in [2.24, 2.45) is 16.7 Å². The first-order chi connectivity index (χ1) is 11.1. The lowest BCUT2D eigenvalue weighted by molar-refractivity contribution is -0.184. The number of hydrogen-bond acceptors (Lipinski definition) is 4. The lowest BCUT2D eigenvalue weighted by Gasteiger charge is -2.60. The van der Waals surface area contributed by atoms with Gasteiger partial charge < -0.3 is 14.6 Å². The lowest BCUT2D eigenvalue weighted by Crippen LogP contribution is -2.64. The monoisotopic (exact) mass is 332 g/mol. The maximum atomic E-state index is 12.8. The number of aryl methyl sites for hydroxylation is 1. The molecule has 0 saturated heterocycles. The largest absolute Gasteiger partial charge is 0.472 e. The number of hydrogen-bond donors (Lipinski definition) is 2. The topological polar surface area (TPSA) is 70.7 Å². The highest BCUT2D eigenvalue weighted by Crippen LogP contribution is 2.61. The molecule has 0 amide bonds. The minimum Gasteiger partial charge on any atom is -0.472 e. The summed E-state index contributed by atoms with van der Waals surface area (Å²) in [6, 6.07) is 1.91. The highest BCUT2D eigenvalue weighted by molar-refractivity contribution is 5.95. The molecule has 1 aromatic rings. The van der Waals surface area contributed by atoms with Crippen LogP contribution in [0.2, 0.25) is 0 Å². The van der Waals surface area contributed by atoms with Gasteiger partial charge in [0.2, 0.25) is 0 Å². The summed E-state index contributed by atoms with van der Waals surface area (Å²) in [5, 5.41) is 22.2. The van der Waals surface area contributed by atoms with E-state index in [0.29, 0.717) is 25.7 Å². The number of carbonyl (C=O) groups excluding carboxylic acids is 1.